The van der Waals surface area contributed by atoms with Crippen LogP contribution in [0.15, 0.2) is 29.2 Å². The molecule has 1 aromatic rings. The molecule has 0 bridgehead atoms. The molecule has 17 heavy (non-hydrogen) atoms. The molecule has 0 aliphatic rings. The maximum atomic E-state index is 12.3. The van der Waals surface area contributed by atoms with Gasteiger partial charge in [0.15, 0.2) is 0 Å². The maximum absolute atomic E-state index is 12.3. The fourth-order valence-electron chi connectivity index (χ4n) is 1.43. The molecule has 0 unspecified atom stereocenters. The summed E-state index contributed by atoms with van der Waals surface area (Å²) in [6.45, 7) is 0.730. The molecule has 0 fully saturated rings. The summed E-state index contributed by atoms with van der Waals surface area (Å²) >= 11 is 1.62. The molecule has 1 aromatic carbocycles. The fraction of sp³-hybridized carbons (Fsp3) is 0.455. The van der Waals surface area contributed by atoms with E-state index in [9.17, 15) is 8.42 Å². The summed E-state index contributed by atoms with van der Waals surface area (Å²) in [5, 5.41) is 0. The van der Waals surface area contributed by atoms with Gasteiger partial charge in [-0.25, -0.2) is 12.7 Å². The van der Waals surface area contributed by atoms with Crippen molar-refractivity contribution >= 4 is 21.8 Å². The Balaban J connectivity index is 3.04. The molecule has 0 saturated carbocycles. The van der Waals surface area contributed by atoms with Crippen molar-refractivity contribution in [3.63, 3.8) is 0 Å². The Morgan fingerprint density at radius 3 is 2.59 bits per heavy atom. The average Bonchev–Trinajstić information content (AvgIpc) is 2.35. The van der Waals surface area contributed by atoms with Gasteiger partial charge in [-0.15, -0.1) is 0 Å². The number of benzene rings is 1. The Morgan fingerprint density at radius 1 is 1.35 bits per heavy atom. The highest BCUT2D eigenvalue weighted by Gasteiger charge is 2.22. The van der Waals surface area contributed by atoms with Crippen molar-refractivity contribution in [1.29, 1.82) is 0 Å². The Hall–Kier alpha value is -0.560. The van der Waals surface area contributed by atoms with E-state index in [0.717, 1.165) is 5.75 Å². The second-order valence-electron chi connectivity index (χ2n) is 3.63. The first-order chi connectivity index (χ1) is 8.04. The van der Waals surface area contributed by atoms with Crippen molar-refractivity contribution in [3.8, 4) is 0 Å². The summed E-state index contributed by atoms with van der Waals surface area (Å²) in [7, 11) is -1.82. The van der Waals surface area contributed by atoms with E-state index in [0.29, 0.717) is 17.0 Å². The second-order valence-corrected chi connectivity index (χ2v) is 6.63. The lowest BCUT2D eigenvalue weighted by Crippen LogP contribution is -2.30. The third-order valence-electron chi connectivity index (χ3n) is 2.49. The van der Waals surface area contributed by atoms with E-state index in [4.69, 9.17) is 5.73 Å². The van der Waals surface area contributed by atoms with Gasteiger partial charge in [0.05, 0.1) is 4.90 Å². The summed E-state index contributed by atoms with van der Waals surface area (Å²) in [4.78, 5) is 0.311. The Morgan fingerprint density at radius 2 is 2.00 bits per heavy atom. The predicted octanol–water partition coefficient (Wildman–Crippen LogP) is 1.13. The minimum atomic E-state index is -3.41. The van der Waals surface area contributed by atoms with Crippen LogP contribution in [0.5, 0.6) is 0 Å². The number of thioether (sulfide) groups is 1. The van der Waals surface area contributed by atoms with Crippen molar-refractivity contribution in [2.75, 3.05) is 25.6 Å². The van der Waals surface area contributed by atoms with E-state index in [2.05, 4.69) is 0 Å². The Kier molecular flexibility index (Phi) is 5.45. The van der Waals surface area contributed by atoms with Crippen molar-refractivity contribution in [2.24, 2.45) is 5.73 Å². The van der Waals surface area contributed by atoms with Crippen LogP contribution in [0.25, 0.3) is 0 Å². The van der Waals surface area contributed by atoms with Gasteiger partial charge in [0.2, 0.25) is 10.0 Å². The van der Waals surface area contributed by atoms with Crippen molar-refractivity contribution in [2.45, 2.75) is 11.4 Å². The molecule has 0 heterocycles. The van der Waals surface area contributed by atoms with Crippen LogP contribution in [0.1, 0.15) is 5.56 Å². The molecule has 96 valence electrons. The van der Waals surface area contributed by atoms with Crippen molar-refractivity contribution in [3.05, 3.63) is 29.8 Å². The first kappa shape index (κ1) is 14.5. The second kappa shape index (κ2) is 6.39. The highest BCUT2D eigenvalue weighted by Crippen LogP contribution is 2.18. The number of nitrogens with two attached hydrogens (primary N) is 1. The molecule has 0 atom stereocenters. The molecule has 0 radical (unpaired) electrons. The summed E-state index contributed by atoms with van der Waals surface area (Å²) in [6.07, 6.45) is 1.95. The number of hydrogen-bond donors (Lipinski definition) is 1. The van der Waals surface area contributed by atoms with E-state index >= 15 is 0 Å². The maximum Gasteiger partial charge on any atom is 0.243 e. The summed E-state index contributed by atoms with van der Waals surface area (Å²) in [5.41, 5.74) is 6.22. The lowest BCUT2D eigenvalue weighted by atomic mass is 10.2. The number of hydrogen-bond acceptors (Lipinski definition) is 4. The summed E-state index contributed by atoms with van der Waals surface area (Å²) in [5.74, 6) is 0.778. The van der Waals surface area contributed by atoms with Crippen LogP contribution in [0.4, 0.5) is 0 Å². The monoisotopic (exact) mass is 274 g/mol. The van der Waals surface area contributed by atoms with Crippen LogP contribution in [-0.2, 0) is 16.6 Å². The van der Waals surface area contributed by atoms with E-state index < -0.39 is 10.0 Å². The zero-order valence-electron chi connectivity index (χ0n) is 10.1. The SMILES string of the molecule is CSCCN(C)S(=O)(=O)c1ccccc1CN. The van der Waals surface area contributed by atoms with Crippen LogP contribution in [-0.4, -0.2) is 38.3 Å². The van der Waals surface area contributed by atoms with E-state index in [1.54, 1.807) is 43.1 Å². The van der Waals surface area contributed by atoms with Gasteiger partial charge in [0.1, 0.15) is 0 Å². The van der Waals surface area contributed by atoms with Crippen LogP contribution < -0.4 is 5.73 Å². The molecule has 6 heteroatoms. The molecule has 0 spiro atoms. The van der Waals surface area contributed by atoms with Gasteiger partial charge < -0.3 is 5.73 Å². The first-order valence-electron chi connectivity index (χ1n) is 5.27. The van der Waals surface area contributed by atoms with Gasteiger partial charge in [0, 0.05) is 25.9 Å². The topological polar surface area (TPSA) is 63.4 Å². The van der Waals surface area contributed by atoms with Crippen LogP contribution >= 0.6 is 11.8 Å². The lowest BCUT2D eigenvalue weighted by Gasteiger charge is -2.18. The largest absolute Gasteiger partial charge is 0.326 e. The zero-order valence-corrected chi connectivity index (χ0v) is 11.7. The van der Waals surface area contributed by atoms with Gasteiger partial charge in [-0.1, -0.05) is 18.2 Å². The fourth-order valence-corrected chi connectivity index (χ4v) is 3.40. The van der Waals surface area contributed by atoms with Crippen LogP contribution in [0, 0.1) is 0 Å². The average molecular weight is 274 g/mol. The molecule has 0 aliphatic carbocycles. The molecule has 1 rings (SSSR count). The molecule has 4 nitrogen and oxygen atoms in total. The van der Waals surface area contributed by atoms with Crippen molar-refractivity contribution in [1.82, 2.24) is 4.31 Å². The Bertz CT molecular complexity index is 460. The zero-order chi connectivity index (χ0) is 12.9. The van der Waals surface area contributed by atoms with E-state index in [-0.39, 0.29) is 6.54 Å². The van der Waals surface area contributed by atoms with E-state index in [1.165, 1.54) is 4.31 Å². The molecular formula is C11H18N2O2S2. The molecular weight excluding hydrogens is 256 g/mol. The summed E-state index contributed by atoms with van der Waals surface area (Å²) < 4.78 is 25.9. The first-order valence-corrected chi connectivity index (χ1v) is 8.10. The van der Waals surface area contributed by atoms with Crippen molar-refractivity contribution < 1.29 is 8.42 Å². The molecule has 0 aromatic heterocycles. The van der Waals surface area contributed by atoms with Gasteiger partial charge in [-0.2, -0.15) is 11.8 Å². The third-order valence-corrected chi connectivity index (χ3v) is 5.04. The lowest BCUT2D eigenvalue weighted by molar-refractivity contribution is 0.487. The standard InChI is InChI=1S/C11H18N2O2S2/c1-13(7-8-16-2)17(14,15)11-6-4-3-5-10(11)9-12/h3-6H,7-9,12H2,1-2H3. The molecule has 0 aliphatic heterocycles. The normalized spacial score (nSPS) is 12.0. The minimum absolute atomic E-state index is 0.228. The molecule has 0 amide bonds. The van der Waals surface area contributed by atoms with Gasteiger partial charge >= 0.3 is 0 Å². The van der Waals surface area contributed by atoms with Gasteiger partial charge in [-0.05, 0) is 17.9 Å². The van der Waals surface area contributed by atoms with Crippen LogP contribution in [0.3, 0.4) is 0 Å². The van der Waals surface area contributed by atoms with Crippen LogP contribution in [0.2, 0.25) is 0 Å². The number of sulfonamides is 1. The minimum Gasteiger partial charge on any atom is -0.326 e. The predicted molar refractivity (Wildman–Crippen MR) is 72.5 cm³/mol. The molecule has 0 saturated heterocycles. The highest BCUT2D eigenvalue weighted by atomic mass is 32.2. The van der Waals surface area contributed by atoms with Gasteiger partial charge in [-0.3, -0.25) is 0 Å². The van der Waals surface area contributed by atoms with Gasteiger partial charge in [0.25, 0.3) is 0 Å². The molecule has 2 N–H and O–H groups in total. The van der Waals surface area contributed by atoms with E-state index in [1.807, 2.05) is 6.26 Å². The third kappa shape index (κ3) is 3.45. The highest BCUT2D eigenvalue weighted by molar-refractivity contribution is 7.98. The smallest absolute Gasteiger partial charge is 0.243 e. The number of nitrogens with zero attached hydrogens (tertiary/aromatic N) is 1. The quantitative estimate of drug-likeness (QED) is 0.844. The Labute approximate surface area is 107 Å². The number of rotatable bonds is 6. The summed E-state index contributed by atoms with van der Waals surface area (Å²) in [6, 6.07) is 6.86.